The van der Waals surface area contributed by atoms with Crippen LogP contribution in [0.4, 0.5) is 0 Å². The van der Waals surface area contributed by atoms with Gasteiger partial charge in [-0.3, -0.25) is 4.68 Å². The lowest BCUT2D eigenvalue weighted by molar-refractivity contribution is 0.0782. The fraction of sp³-hybridized carbons (Fsp3) is 0.882. The Labute approximate surface area is 139 Å². The third-order valence-electron chi connectivity index (χ3n) is 5.37. The van der Waals surface area contributed by atoms with Crippen LogP contribution in [0.3, 0.4) is 0 Å². The van der Waals surface area contributed by atoms with Gasteiger partial charge in [-0.15, -0.1) is 5.10 Å². The summed E-state index contributed by atoms with van der Waals surface area (Å²) in [6, 6.07) is 0.608. The summed E-state index contributed by atoms with van der Waals surface area (Å²) in [5.41, 5.74) is 6.86. The van der Waals surface area contributed by atoms with Crippen molar-refractivity contribution in [2.24, 2.45) is 17.6 Å². The van der Waals surface area contributed by atoms with Gasteiger partial charge in [-0.25, -0.2) is 0 Å². The first-order chi connectivity index (χ1) is 11.3. The number of hydrogen-bond donors (Lipinski definition) is 2. The van der Waals surface area contributed by atoms with Gasteiger partial charge in [0.2, 0.25) is 0 Å². The van der Waals surface area contributed by atoms with E-state index in [0.717, 1.165) is 69.6 Å². The van der Waals surface area contributed by atoms with E-state index in [0.29, 0.717) is 6.04 Å². The van der Waals surface area contributed by atoms with Gasteiger partial charge in [0.1, 0.15) is 0 Å². The van der Waals surface area contributed by atoms with Gasteiger partial charge in [0.25, 0.3) is 0 Å². The van der Waals surface area contributed by atoms with Crippen LogP contribution < -0.4 is 11.1 Å². The van der Waals surface area contributed by atoms with Crippen LogP contribution in [0.25, 0.3) is 0 Å². The van der Waals surface area contributed by atoms with Crippen molar-refractivity contribution in [3.05, 3.63) is 11.9 Å². The van der Waals surface area contributed by atoms with Gasteiger partial charge < -0.3 is 15.8 Å². The van der Waals surface area contributed by atoms with Crippen LogP contribution in [0.5, 0.6) is 0 Å². The van der Waals surface area contributed by atoms with Crippen LogP contribution in [-0.4, -0.2) is 47.3 Å². The van der Waals surface area contributed by atoms with Crippen molar-refractivity contribution in [2.75, 3.05) is 26.3 Å². The fourth-order valence-corrected chi connectivity index (χ4v) is 3.76. The Morgan fingerprint density at radius 3 is 2.61 bits per heavy atom. The lowest BCUT2D eigenvalue weighted by Gasteiger charge is -2.27. The van der Waals surface area contributed by atoms with Crippen LogP contribution in [-0.2, 0) is 17.7 Å². The molecule has 0 spiro atoms. The van der Waals surface area contributed by atoms with Gasteiger partial charge in [-0.2, -0.15) is 0 Å². The third-order valence-corrected chi connectivity index (χ3v) is 5.37. The number of aromatic nitrogens is 3. The Morgan fingerprint density at radius 1 is 1.13 bits per heavy atom. The van der Waals surface area contributed by atoms with Crippen LogP contribution in [0.1, 0.15) is 44.2 Å². The average Bonchev–Trinajstić information content (AvgIpc) is 3.04. The molecule has 130 valence electrons. The van der Waals surface area contributed by atoms with Crippen LogP contribution in [0, 0.1) is 11.8 Å². The van der Waals surface area contributed by atoms with Gasteiger partial charge >= 0.3 is 0 Å². The Hall–Kier alpha value is -0.980. The van der Waals surface area contributed by atoms with Crippen molar-refractivity contribution in [3.8, 4) is 0 Å². The fourth-order valence-electron chi connectivity index (χ4n) is 3.76. The molecule has 3 N–H and O–H groups in total. The first kappa shape index (κ1) is 16.9. The molecule has 1 aromatic heterocycles. The highest BCUT2D eigenvalue weighted by molar-refractivity contribution is 4.93. The molecule has 1 saturated carbocycles. The second kappa shape index (κ2) is 8.76. The van der Waals surface area contributed by atoms with Crippen molar-refractivity contribution in [3.63, 3.8) is 0 Å². The van der Waals surface area contributed by atoms with E-state index in [9.17, 15) is 0 Å². The molecule has 2 fully saturated rings. The Bertz CT molecular complexity index is 450. The molecule has 0 atom stereocenters. The van der Waals surface area contributed by atoms with E-state index in [2.05, 4.69) is 21.8 Å². The molecule has 0 amide bonds. The molecule has 1 saturated heterocycles. The monoisotopic (exact) mass is 321 g/mol. The largest absolute Gasteiger partial charge is 0.381 e. The summed E-state index contributed by atoms with van der Waals surface area (Å²) in [7, 11) is 0. The predicted octanol–water partition coefficient (Wildman–Crippen LogP) is 1.35. The van der Waals surface area contributed by atoms with Crippen molar-refractivity contribution < 1.29 is 4.74 Å². The molecule has 23 heavy (non-hydrogen) atoms. The van der Waals surface area contributed by atoms with E-state index in [1.165, 1.54) is 25.7 Å². The first-order valence-corrected chi connectivity index (χ1v) is 9.23. The van der Waals surface area contributed by atoms with Gasteiger partial charge in [-0.05, 0) is 56.9 Å². The standard InChI is InChI=1S/C17H31N5O/c18-11-14-1-3-15(4-2-14)12-22-13-17(20-21-22)5-8-19-16-6-9-23-10-7-16/h13-16,19H,1-12,18H2. The Morgan fingerprint density at radius 2 is 1.87 bits per heavy atom. The SMILES string of the molecule is NCC1CCC(Cn2cc(CCNC3CCOCC3)nn2)CC1. The predicted molar refractivity (Wildman–Crippen MR) is 90.1 cm³/mol. The highest BCUT2D eigenvalue weighted by Gasteiger charge is 2.21. The minimum absolute atomic E-state index is 0.608. The zero-order valence-electron chi connectivity index (χ0n) is 14.1. The molecule has 6 nitrogen and oxygen atoms in total. The minimum atomic E-state index is 0.608. The van der Waals surface area contributed by atoms with E-state index in [1.807, 2.05) is 4.68 Å². The summed E-state index contributed by atoms with van der Waals surface area (Å²) in [6.07, 6.45) is 10.4. The molecular formula is C17H31N5O. The number of nitrogens with two attached hydrogens (primary N) is 1. The smallest absolute Gasteiger partial charge is 0.0839 e. The van der Waals surface area contributed by atoms with Gasteiger partial charge in [0.15, 0.2) is 0 Å². The van der Waals surface area contributed by atoms with E-state index in [1.54, 1.807) is 0 Å². The number of nitrogens with zero attached hydrogens (tertiary/aromatic N) is 3. The lowest BCUT2D eigenvalue weighted by Crippen LogP contribution is -2.35. The Kier molecular flexibility index (Phi) is 6.42. The number of hydrogen-bond acceptors (Lipinski definition) is 5. The summed E-state index contributed by atoms with van der Waals surface area (Å²) in [5, 5.41) is 12.2. The highest BCUT2D eigenvalue weighted by Crippen LogP contribution is 2.28. The summed E-state index contributed by atoms with van der Waals surface area (Å²) >= 11 is 0. The van der Waals surface area contributed by atoms with Crippen LogP contribution in [0.2, 0.25) is 0 Å². The van der Waals surface area contributed by atoms with Crippen LogP contribution >= 0.6 is 0 Å². The maximum atomic E-state index is 5.76. The van der Waals surface area contributed by atoms with Gasteiger partial charge in [0.05, 0.1) is 5.69 Å². The van der Waals surface area contributed by atoms with E-state index in [4.69, 9.17) is 10.5 Å². The minimum Gasteiger partial charge on any atom is -0.381 e. The molecule has 0 aromatic carbocycles. The summed E-state index contributed by atoms with van der Waals surface area (Å²) < 4.78 is 7.42. The van der Waals surface area contributed by atoms with Gasteiger partial charge in [0, 0.05) is 45.0 Å². The summed E-state index contributed by atoms with van der Waals surface area (Å²) in [6.45, 7) is 4.61. The second-order valence-electron chi connectivity index (χ2n) is 7.15. The second-order valence-corrected chi connectivity index (χ2v) is 7.15. The maximum Gasteiger partial charge on any atom is 0.0839 e. The molecule has 2 heterocycles. The molecule has 0 radical (unpaired) electrons. The highest BCUT2D eigenvalue weighted by atomic mass is 16.5. The molecule has 0 unspecified atom stereocenters. The molecular weight excluding hydrogens is 290 g/mol. The maximum absolute atomic E-state index is 5.76. The average molecular weight is 321 g/mol. The molecule has 3 rings (SSSR count). The van der Waals surface area contributed by atoms with Crippen molar-refractivity contribution in [1.82, 2.24) is 20.3 Å². The zero-order valence-corrected chi connectivity index (χ0v) is 14.1. The molecule has 0 bridgehead atoms. The molecule has 2 aliphatic rings. The Balaban J connectivity index is 1.36. The number of nitrogens with one attached hydrogen (secondary N) is 1. The molecule has 1 aliphatic carbocycles. The van der Waals surface area contributed by atoms with Crippen molar-refractivity contribution in [1.29, 1.82) is 0 Å². The van der Waals surface area contributed by atoms with Crippen LogP contribution in [0.15, 0.2) is 6.20 Å². The number of rotatable bonds is 7. The lowest BCUT2D eigenvalue weighted by atomic mass is 9.82. The van der Waals surface area contributed by atoms with E-state index < -0.39 is 0 Å². The zero-order chi connectivity index (χ0) is 15.9. The topological polar surface area (TPSA) is 78.0 Å². The normalized spacial score (nSPS) is 26.5. The van der Waals surface area contributed by atoms with Crippen molar-refractivity contribution in [2.45, 2.75) is 57.5 Å². The number of ether oxygens (including phenoxy) is 1. The molecule has 1 aliphatic heterocycles. The van der Waals surface area contributed by atoms with E-state index >= 15 is 0 Å². The molecule has 1 aromatic rings. The quantitative estimate of drug-likeness (QED) is 0.793. The summed E-state index contributed by atoms with van der Waals surface area (Å²) in [4.78, 5) is 0. The first-order valence-electron chi connectivity index (χ1n) is 9.23. The third kappa shape index (κ3) is 5.26. The van der Waals surface area contributed by atoms with E-state index in [-0.39, 0.29) is 0 Å². The molecule has 6 heteroatoms. The van der Waals surface area contributed by atoms with Crippen molar-refractivity contribution >= 4 is 0 Å². The summed E-state index contributed by atoms with van der Waals surface area (Å²) in [5.74, 6) is 1.49. The van der Waals surface area contributed by atoms with Gasteiger partial charge in [-0.1, -0.05) is 5.21 Å².